The van der Waals surface area contributed by atoms with Crippen LogP contribution in [0.3, 0.4) is 0 Å². The molecule has 0 spiro atoms. The van der Waals surface area contributed by atoms with Crippen molar-refractivity contribution >= 4 is 18.1 Å². The van der Waals surface area contributed by atoms with Crippen molar-refractivity contribution in [1.82, 2.24) is 5.43 Å². The Morgan fingerprint density at radius 3 is 2.59 bits per heavy atom. The van der Waals surface area contributed by atoms with E-state index >= 15 is 0 Å². The van der Waals surface area contributed by atoms with Crippen molar-refractivity contribution < 1.29 is 28.5 Å². The molecular formula is C21H24N2O6. The molecule has 0 aliphatic rings. The minimum Gasteiger partial charge on any atom is -0.493 e. The van der Waals surface area contributed by atoms with E-state index in [9.17, 15) is 9.59 Å². The number of carbonyl (C=O) groups is 2. The molecule has 1 amide bonds. The number of hydrogen-bond donors (Lipinski definition) is 1. The van der Waals surface area contributed by atoms with Crippen molar-refractivity contribution in [2.24, 2.45) is 5.10 Å². The molecule has 0 aromatic heterocycles. The summed E-state index contributed by atoms with van der Waals surface area (Å²) >= 11 is 0. The van der Waals surface area contributed by atoms with Crippen LogP contribution in [-0.4, -0.2) is 44.5 Å². The Bertz CT molecular complexity index is 838. The monoisotopic (exact) mass is 400 g/mol. The maximum absolute atomic E-state index is 12.1. The average Bonchev–Trinajstić information content (AvgIpc) is 2.73. The summed E-state index contributed by atoms with van der Waals surface area (Å²) in [4.78, 5) is 23.5. The molecule has 0 radical (unpaired) electrons. The molecule has 2 aromatic rings. The Balaban J connectivity index is 1.90. The summed E-state index contributed by atoms with van der Waals surface area (Å²) in [7, 11) is 1.48. The minimum atomic E-state index is -0.706. The summed E-state index contributed by atoms with van der Waals surface area (Å²) in [5.74, 6) is 0.570. The van der Waals surface area contributed by atoms with Crippen LogP contribution in [0.2, 0.25) is 0 Å². The first-order valence-electron chi connectivity index (χ1n) is 9.04. The molecule has 2 rings (SSSR count). The molecule has 8 nitrogen and oxygen atoms in total. The van der Waals surface area contributed by atoms with Gasteiger partial charge in [-0.15, -0.1) is 0 Å². The van der Waals surface area contributed by atoms with Gasteiger partial charge in [0.25, 0.3) is 5.91 Å². The van der Waals surface area contributed by atoms with Gasteiger partial charge in [-0.2, -0.15) is 5.10 Å². The number of esters is 1. The largest absolute Gasteiger partial charge is 0.493 e. The van der Waals surface area contributed by atoms with Crippen LogP contribution in [0.5, 0.6) is 17.2 Å². The molecule has 0 saturated carbocycles. The number of hydrazone groups is 1. The van der Waals surface area contributed by atoms with Crippen molar-refractivity contribution in [1.29, 1.82) is 0 Å². The number of nitrogens with zero attached hydrogens (tertiary/aromatic N) is 1. The lowest BCUT2D eigenvalue weighted by Gasteiger charge is -2.12. The zero-order chi connectivity index (χ0) is 21.1. The number of rotatable bonds is 10. The summed E-state index contributed by atoms with van der Waals surface area (Å²) in [5.41, 5.74) is 3.10. The van der Waals surface area contributed by atoms with Crippen molar-refractivity contribution in [2.75, 3.05) is 20.3 Å². The standard InChI is InChI=1S/C21H24N2O6/c1-4-27-20(24)14-28-18-11-10-16(12-19(18)26-3)13-22-23-21(25)15(2)29-17-8-6-5-7-9-17/h5-13,15H,4,14H2,1-3H3,(H,23,25)/b22-13-/t15-/m1/s1. The van der Waals surface area contributed by atoms with Crippen LogP contribution in [-0.2, 0) is 14.3 Å². The van der Waals surface area contributed by atoms with E-state index in [1.165, 1.54) is 13.3 Å². The number of ether oxygens (including phenoxy) is 4. The van der Waals surface area contributed by atoms with Crippen molar-refractivity contribution in [3.8, 4) is 17.2 Å². The van der Waals surface area contributed by atoms with E-state index < -0.39 is 12.1 Å². The zero-order valence-corrected chi connectivity index (χ0v) is 16.6. The van der Waals surface area contributed by atoms with Crippen LogP contribution in [0.15, 0.2) is 53.6 Å². The second-order valence-electron chi connectivity index (χ2n) is 5.81. The van der Waals surface area contributed by atoms with E-state index in [0.717, 1.165) is 0 Å². The second kappa shape index (κ2) is 11.3. The lowest BCUT2D eigenvalue weighted by molar-refractivity contribution is -0.145. The number of nitrogens with one attached hydrogen (secondary N) is 1. The highest BCUT2D eigenvalue weighted by atomic mass is 16.6. The lowest BCUT2D eigenvalue weighted by atomic mass is 10.2. The molecule has 0 saturated heterocycles. The highest BCUT2D eigenvalue weighted by Gasteiger charge is 2.13. The van der Waals surface area contributed by atoms with Gasteiger partial charge in [0.05, 0.1) is 19.9 Å². The third kappa shape index (κ3) is 7.17. The fraction of sp³-hybridized carbons (Fsp3) is 0.286. The first-order chi connectivity index (χ1) is 14.0. The Morgan fingerprint density at radius 2 is 1.90 bits per heavy atom. The minimum absolute atomic E-state index is 0.215. The van der Waals surface area contributed by atoms with E-state index in [0.29, 0.717) is 22.8 Å². The smallest absolute Gasteiger partial charge is 0.344 e. The summed E-state index contributed by atoms with van der Waals surface area (Å²) in [6, 6.07) is 14.1. The lowest BCUT2D eigenvalue weighted by Crippen LogP contribution is -2.33. The van der Waals surface area contributed by atoms with Crippen molar-refractivity contribution in [3.63, 3.8) is 0 Å². The van der Waals surface area contributed by atoms with Crippen LogP contribution in [0.1, 0.15) is 19.4 Å². The summed E-state index contributed by atoms with van der Waals surface area (Å²) in [6.45, 7) is 3.43. The maximum Gasteiger partial charge on any atom is 0.344 e. The van der Waals surface area contributed by atoms with Crippen LogP contribution in [0.25, 0.3) is 0 Å². The molecule has 8 heteroatoms. The molecule has 29 heavy (non-hydrogen) atoms. The number of carbonyl (C=O) groups excluding carboxylic acids is 2. The molecule has 1 N–H and O–H groups in total. The molecule has 0 aliphatic carbocycles. The molecule has 154 valence electrons. The van der Waals surface area contributed by atoms with Crippen molar-refractivity contribution in [2.45, 2.75) is 20.0 Å². The molecule has 0 heterocycles. The van der Waals surface area contributed by atoms with Crippen molar-refractivity contribution in [3.05, 3.63) is 54.1 Å². The van der Waals surface area contributed by atoms with Gasteiger partial charge in [0.15, 0.2) is 24.2 Å². The Hall–Kier alpha value is -3.55. The quantitative estimate of drug-likeness (QED) is 0.374. The predicted molar refractivity (Wildman–Crippen MR) is 107 cm³/mol. The number of amides is 1. The number of hydrogen-bond acceptors (Lipinski definition) is 7. The molecule has 1 atom stereocenters. The molecule has 0 fully saturated rings. The van der Waals surface area contributed by atoms with E-state index in [4.69, 9.17) is 18.9 Å². The topological polar surface area (TPSA) is 95.5 Å². The van der Waals surface area contributed by atoms with E-state index in [-0.39, 0.29) is 19.1 Å². The fourth-order valence-electron chi connectivity index (χ4n) is 2.24. The van der Waals surface area contributed by atoms with E-state index in [1.807, 2.05) is 18.2 Å². The van der Waals surface area contributed by atoms with Gasteiger partial charge in [0, 0.05) is 0 Å². The Labute approximate surface area is 169 Å². The van der Waals surface area contributed by atoms with Gasteiger partial charge in [0.2, 0.25) is 0 Å². The summed E-state index contributed by atoms with van der Waals surface area (Å²) in [5, 5.41) is 3.93. The predicted octanol–water partition coefficient (Wildman–Crippen LogP) is 2.55. The van der Waals surface area contributed by atoms with Gasteiger partial charge in [-0.3, -0.25) is 4.79 Å². The van der Waals surface area contributed by atoms with Crippen LogP contribution >= 0.6 is 0 Å². The SMILES string of the molecule is CCOC(=O)COc1ccc(/C=N\NC(=O)[C@@H](C)Oc2ccccc2)cc1OC. The molecular weight excluding hydrogens is 376 g/mol. The molecule has 0 bridgehead atoms. The summed E-state index contributed by atoms with van der Waals surface area (Å²) in [6.07, 6.45) is 0.757. The molecule has 2 aromatic carbocycles. The highest BCUT2D eigenvalue weighted by molar-refractivity contribution is 5.85. The normalized spacial score (nSPS) is 11.6. The fourth-order valence-corrected chi connectivity index (χ4v) is 2.24. The van der Waals surface area contributed by atoms with E-state index in [2.05, 4.69) is 10.5 Å². The van der Waals surface area contributed by atoms with Crippen LogP contribution in [0, 0.1) is 0 Å². The maximum atomic E-state index is 12.1. The number of benzene rings is 2. The van der Waals surface area contributed by atoms with Gasteiger partial charge in [-0.25, -0.2) is 10.2 Å². The van der Waals surface area contributed by atoms with Gasteiger partial charge in [-0.05, 0) is 49.7 Å². The first kappa shape index (κ1) is 21.7. The Morgan fingerprint density at radius 1 is 1.14 bits per heavy atom. The van der Waals surface area contributed by atoms with Gasteiger partial charge < -0.3 is 18.9 Å². The van der Waals surface area contributed by atoms with Gasteiger partial charge in [0.1, 0.15) is 5.75 Å². The first-order valence-corrected chi connectivity index (χ1v) is 9.04. The van der Waals surface area contributed by atoms with Gasteiger partial charge >= 0.3 is 5.97 Å². The Kier molecular flexibility index (Phi) is 8.50. The summed E-state index contributed by atoms with van der Waals surface area (Å²) < 4.78 is 21.0. The molecule has 0 aliphatic heterocycles. The number of methoxy groups -OCH3 is 1. The molecule has 0 unspecified atom stereocenters. The van der Waals surface area contributed by atoms with Crippen LogP contribution in [0.4, 0.5) is 0 Å². The number of para-hydroxylation sites is 1. The van der Waals surface area contributed by atoms with E-state index in [1.54, 1.807) is 44.2 Å². The second-order valence-corrected chi connectivity index (χ2v) is 5.81. The third-order valence-corrected chi connectivity index (χ3v) is 3.65. The average molecular weight is 400 g/mol. The van der Waals surface area contributed by atoms with Gasteiger partial charge in [-0.1, -0.05) is 18.2 Å². The zero-order valence-electron chi connectivity index (χ0n) is 16.6. The highest BCUT2D eigenvalue weighted by Crippen LogP contribution is 2.27. The third-order valence-electron chi connectivity index (χ3n) is 3.65. The van der Waals surface area contributed by atoms with Crippen LogP contribution < -0.4 is 19.6 Å².